The lowest BCUT2D eigenvalue weighted by Gasteiger charge is -2.42. The van der Waals surface area contributed by atoms with E-state index in [2.05, 4.69) is 0 Å². The van der Waals surface area contributed by atoms with E-state index in [-0.39, 0.29) is 0 Å². The van der Waals surface area contributed by atoms with E-state index < -0.39 is 29.1 Å². The second-order valence-electron chi connectivity index (χ2n) is 4.61. The van der Waals surface area contributed by atoms with Crippen LogP contribution in [-0.2, 0) is 9.59 Å². The second kappa shape index (κ2) is 3.83. The van der Waals surface area contributed by atoms with Crippen molar-refractivity contribution in [3.8, 4) is 12.1 Å². The molecule has 1 spiro atoms. The van der Waals surface area contributed by atoms with E-state index in [4.69, 9.17) is 16.4 Å². The number of amides is 2. The van der Waals surface area contributed by atoms with Gasteiger partial charge in [0.25, 0.3) is 11.8 Å². The molecule has 1 saturated heterocycles. The van der Waals surface area contributed by atoms with Gasteiger partial charge < -0.3 is 0 Å². The third-order valence-electron chi connectivity index (χ3n) is 3.91. The maximum Gasteiger partial charge on any atom is 0.261 e. The standard InChI is InChI=1S/C11H12N4O2/c12-5-7-9(16)15(14)10(17)8(6-13)11(7)3-1-2-4-11/h7-8H,1-4,14H2. The van der Waals surface area contributed by atoms with Gasteiger partial charge in [-0.25, -0.2) is 10.9 Å². The molecule has 0 radical (unpaired) electrons. The van der Waals surface area contributed by atoms with Crippen LogP contribution in [0.15, 0.2) is 0 Å². The first-order valence-electron chi connectivity index (χ1n) is 5.50. The van der Waals surface area contributed by atoms with Crippen molar-refractivity contribution >= 4 is 11.8 Å². The van der Waals surface area contributed by atoms with Crippen molar-refractivity contribution < 1.29 is 9.59 Å². The summed E-state index contributed by atoms with van der Waals surface area (Å²) in [6, 6.07) is 3.85. The maximum absolute atomic E-state index is 11.8. The largest absolute Gasteiger partial charge is 0.271 e. The van der Waals surface area contributed by atoms with E-state index in [0.29, 0.717) is 17.9 Å². The summed E-state index contributed by atoms with van der Waals surface area (Å²) in [6.07, 6.45) is 2.80. The number of imide groups is 1. The average molecular weight is 232 g/mol. The van der Waals surface area contributed by atoms with E-state index in [1.165, 1.54) is 0 Å². The van der Waals surface area contributed by atoms with Gasteiger partial charge in [-0.3, -0.25) is 9.59 Å². The molecule has 0 aromatic heterocycles. The molecule has 0 bridgehead atoms. The van der Waals surface area contributed by atoms with Gasteiger partial charge in [-0.15, -0.1) is 0 Å². The van der Waals surface area contributed by atoms with Crippen LogP contribution in [0.5, 0.6) is 0 Å². The van der Waals surface area contributed by atoms with Gasteiger partial charge in [0.1, 0.15) is 11.8 Å². The fourth-order valence-electron chi connectivity index (χ4n) is 3.02. The van der Waals surface area contributed by atoms with Gasteiger partial charge >= 0.3 is 0 Å². The highest BCUT2D eigenvalue weighted by Gasteiger charge is 2.59. The molecule has 2 fully saturated rings. The molecule has 1 aliphatic carbocycles. The quantitative estimate of drug-likeness (QED) is 0.361. The minimum absolute atomic E-state index is 0.436. The molecule has 2 aliphatic rings. The van der Waals surface area contributed by atoms with Gasteiger partial charge in [-0.1, -0.05) is 12.8 Å². The lowest BCUT2D eigenvalue weighted by molar-refractivity contribution is -0.161. The summed E-state index contributed by atoms with van der Waals surface area (Å²) in [6.45, 7) is 0. The van der Waals surface area contributed by atoms with Gasteiger partial charge in [0, 0.05) is 5.41 Å². The Hall–Kier alpha value is -1.92. The number of carbonyl (C=O) groups is 2. The fourth-order valence-corrected chi connectivity index (χ4v) is 3.02. The number of hydrogen-bond donors (Lipinski definition) is 1. The summed E-state index contributed by atoms with van der Waals surface area (Å²) in [7, 11) is 0. The molecule has 2 atom stereocenters. The van der Waals surface area contributed by atoms with Crippen molar-refractivity contribution in [3.05, 3.63) is 0 Å². The predicted octanol–water partition coefficient (Wildman–Crippen LogP) is 0.0689. The Labute approximate surface area is 98.6 Å². The zero-order chi connectivity index (χ0) is 12.6. The third kappa shape index (κ3) is 1.35. The maximum atomic E-state index is 11.8. The number of hydrogen-bond acceptors (Lipinski definition) is 5. The van der Waals surface area contributed by atoms with Crippen molar-refractivity contribution in [2.45, 2.75) is 25.7 Å². The summed E-state index contributed by atoms with van der Waals surface area (Å²) in [5.74, 6) is 2.04. The minimum Gasteiger partial charge on any atom is -0.271 e. The number of nitriles is 2. The van der Waals surface area contributed by atoms with Gasteiger partial charge in [0.05, 0.1) is 12.1 Å². The van der Waals surface area contributed by atoms with Crippen molar-refractivity contribution in [3.63, 3.8) is 0 Å². The summed E-state index contributed by atoms with van der Waals surface area (Å²) in [4.78, 5) is 23.7. The third-order valence-corrected chi connectivity index (χ3v) is 3.91. The Bertz CT molecular complexity index is 417. The highest BCUT2D eigenvalue weighted by atomic mass is 16.2. The van der Waals surface area contributed by atoms with Crippen LogP contribution in [0.4, 0.5) is 0 Å². The molecule has 6 nitrogen and oxygen atoms in total. The van der Waals surface area contributed by atoms with E-state index >= 15 is 0 Å². The van der Waals surface area contributed by atoms with Gasteiger partial charge in [-0.05, 0) is 12.8 Å². The Balaban J connectivity index is 2.52. The highest BCUT2D eigenvalue weighted by Crippen LogP contribution is 2.52. The van der Waals surface area contributed by atoms with Gasteiger partial charge in [0.15, 0.2) is 0 Å². The van der Waals surface area contributed by atoms with Crippen LogP contribution in [0.3, 0.4) is 0 Å². The molecule has 1 heterocycles. The number of nitrogens with zero attached hydrogens (tertiary/aromatic N) is 3. The van der Waals surface area contributed by atoms with Crippen LogP contribution >= 0.6 is 0 Å². The number of hydrazine groups is 1. The molecular formula is C11H12N4O2. The lowest BCUT2D eigenvalue weighted by atomic mass is 9.63. The minimum atomic E-state index is -0.975. The molecule has 2 amide bonds. The van der Waals surface area contributed by atoms with Crippen LogP contribution in [0.2, 0.25) is 0 Å². The molecule has 17 heavy (non-hydrogen) atoms. The first-order valence-corrected chi connectivity index (χ1v) is 5.50. The number of piperidine rings is 1. The SMILES string of the molecule is N#CC1C(=O)N(N)C(=O)C(C#N)C12CCCC2. The van der Waals surface area contributed by atoms with Crippen LogP contribution in [-0.4, -0.2) is 16.8 Å². The predicted molar refractivity (Wildman–Crippen MR) is 55.1 cm³/mol. The van der Waals surface area contributed by atoms with Crippen LogP contribution < -0.4 is 5.84 Å². The van der Waals surface area contributed by atoms with Crippen molar-refractivity contribution in [1.29, 1.82) is 10.5 Å². The number of rotatable bonds is 0. The lowest BCUT2D eigenvalue weighted by Crippen LogP contribution is -2.60. The molecule has 1 aliphatic heterocycles. The molecule has 88 valence electrons. The first-order chi connectivity index (χ1) is 8.08. The summed E-state index contributed by atoms with van der Waals surface area (Å²) >= 11 is 0. The number of carbonyl (C=O) groups excluding carboxylic acids is 2. The van der Waals surface area contributed by atoms with Crippen molar-refractivity contribution in [2.75, 3.05) is 0 Å². The molecule has 0 aromatic carbocycles. The Morgan fingerprint density at radius 3 is 1.88 bits per heavy atom. The smallest absolute Gasteiger partial charge is 0.261 e. The van der Waals surface area contributed by atoms with Gasteiger partial charge in [0.2, 0.25) is 0 Å². The first kappa shape index (κ1) is 11.6. The second-order valence-corrected chi connectivity index (χ2v) is 4.61. The summed E-state index contributed by atoms with van der Waals surface area (Å²) in [5.41, 5.74) is -0.812. The van der Waals surface area contributed by atoms with Crippen LogP contribution in [0.1, 0.15) is 25.7 Å². The molecule has 2 N–H and O–H groups in total. The van der Waals surface area contributed by atoms with E-state index in [0.717, 1.165) is 12.8 Å². The van der Waals surface area contributed by atoms with Crippen molar-refractivity contribution in [1.82, 2.24) is 5.01 Å². The van der Waals surface area contributed by atoms with Crippen LogP contribution in [0.25, 0.3) is 0 Å². The Morgan fingerprint density at radius 2 is 1.53 bits per heavy atom. The molecule has 0 aromatic rings. The fraction of sp³-hybridized carbons (Fsp3) is 0.636. The molecule has 2 rings (SSSR count). The normalized spacial score (nSPS) is 31.4. The van der Waals surface area contributed by atoms with E-state index in [9.17, 15) is 9.59 Å². The molecule has 1 saturated carbocycles. The Morgan fingerprint density at radius 1 is 1.12 bits per heavy atom. The van der Waals surface area contributed by atoms with E-state index in [1.807, 2.05) is 12.1 Å². The summed E-state index contributed by atoms with van der Waals surface area (Å²) in [5, 5.41) is 18.7. The topological polar surface area (TPSA) is 111 Å². The zero-order valence-corrected chi connectivity index (χ0v) is 9.22. The average Bonchev–Trinajstić information content (AvgIpc) is 2.78. The Kier molecular flexibility index (Phi) is 2.60. The monoisotopic (exact) mass is 232 g/mol. The highest BCUT2D eigenvalue weighted by molar-refractivity contribution is 6.02. The van der Waals surface area contributed by atoms with Gasteiger partial charge in [-0.2, -0.15) is 10.5 Å². The molecule has 6 heteroatoms. The number of nitrogens with two attached hydrogens (primary N) is 1. The molecular weight excluding hydrogens is 220 g/mol. The zero-order valence-electron chi connectivity index (χ0n) is 9.22. The summed E-state index contributed by atoms with van der Waals surface area (Å²) < 4.78 is 0. The van der Waals surface area contributed by atoms with E-state index in [1.54, 1.807) is 0 Å². The van der Waals surface area contributed by atoms with Crippen LogP contribution in [0, 0.1) is 39.9 Å². The molecule has 2 unspecified atom stereocenters. The van der Waals surface area contributed by atoms with Crippen molar-refractivity contribution in [2.24, 2.45) is 23.1 Å².